The maximum absolute atomic E-state index is 11.2. The van der Waals surface area contributed by atoms with Gasteiger partial charge in [-0.05, 0) is 13.0 Å². The van der Waals surface area contributed by atoms with E-state index in [1.807, 2.05) is 4.90 Å². The van der Waals surface area contributed by atoms with Gasteiger partial charge in [0.2, 0.25) is 5.91 Å². The third kappa shape index (κ3) is 2.08. The number of quaternary nitrogens is 1. The maximum atomic E-state index is 11.2. The molecule has 0 aliphatic carbocycles. The molecule has 1 fully saturated rings. The Balaban J connectivity index is 2.35. The molecule has 68 valence electrons. The van der Waals surface area contributed by atoms with Crippen LogP contribution in [0.25, 0.3) is 0 Å². The standard InChI is InChI=1S/C9H16N2O/c1-3-9(12)11-7-5-10(4-2)6-8-11/h3H,1,4-8H2,2H3/p+1. The molecule has 0 saturated carbocycles. The fourth-order valence-corrected chi connectivity index (χ4v) is 1.53. The highest BCUT2D eigenvalue weighted by Gasteiger charge is 2.20. The number of amides is 1. The Morgan fingerprint density at radius 2 is 2.17 bits per heavy atom. The molecular weight excluding hydrogens is 152 g/mol. The molecule has 0 radical (unpaired) electrons. The lowest BCUT2D eigenvalue weighted by Crippen LogP contribution is -3.14. The van der Waals surface area contributed by atoms with Crippen molar-refractivity contribution in [2.45, 2.75) is 6.92 Å². The van der Waals surface area contributed by atoms with Crippen LogP contribution in [0.15, 0.2) is 12.7 Å². The van der Waals surface area contributed by atoms with Crippen molar-refractivity contribution in [3.05, 3.63) is 12.7 Å². The number of nitrogens with zero attached hydrogens (tertiary/aromatic N) is 1. The Morgan fingerprint density at radius 3 is 2.58 bits per heavy atom. The smallest absolute Gasteiger partial charge is 0.246 e. The van der Waals surface area contributed by atoms with Crippen LogP contribution in [0.2, 0.25) is 0 Å². The van der Waals surface area contributed by atoms with Crippen LogP contribution in [0.3, 0.4) is 0 Å². The molecule has 1 saturated heterocycles. The molecule has 0 aromatic heterocycles. The average molecular weight is 169 g/mol. The summed E-state index contributed by atoms with van der Waals surface area (Å²) in [5.74, 6) is 0.0742. The van der Waals surface area contributed by atoms with Crippen molar-refractivity contribution in [3.8, 4) is 0 Å². The van der Waals surface area contributed by atoms with Gasteiger partial charge >= 0.3 is 0 Å². The molecule has 0 bridgehead atoms. The van der Waals surface area contributed by atoms with Gasteiger partial charge in [0, 0.05) is 0 Å². The van der Waals surface area contributed by atoms with Crippen molar-refractivity contribution in [3.63, 3.8) is 0 Å². The second-order valence-corrected chi connectivity index (χ2v) is 3.13. The minimum Gasteiger partial charge on any atom is -0.332 e. The highest BCUT2D eigenvalue weighted by atomic mass is 16.2. The van der Waals surface area contributed by atoms with Gasteiger partial charge in [0.05, 0.1) is 32.7 Å². The van der Waals surface area contributed by atoms with Crippen molar-refractivity contribution >= 4 is 5.91 Å². The fraction of sp³-hybridized carbons (Fsp3) is 0.667. The number of rotatable bonds is 2. The summed E-state index contributed by atoms with van der Waals surface area (Å²) in [4.78, 5) is 14.6. The Bertz CT molecular complexity index is 171. The second-order valence-electron chi connectivity index (χ2n) is 3.13. The van der Waals surface area contributed by atoms with E-state index in [-0.39, 0.29) is 5.91 Å². The van der Waals surface area contributed by atoms with E-state index >= 15 is 0 Å². The topological polar surface area (TPSA) is 24.8 Å². The van der Waals surface area contributed by atoms with Crippen LogP contribution >= 0.6 is 0 Å². The van der Waals surface area contributed by atoms with Crippen molar-refractivity contribution in [1.82, 2.24) is 4.90 Å². The van der Waals surface area contributed by atoms with Crippen LogP contribution in [-0.4, -0.2) is 43.5 Å². The van der Waals surface area contributed by atoms with Crippen molar-refractivity contribution in [2.75, 3.05) is 32.7 Å². The van der Waals surface area contributed by atoms with Gasteiger partial charge in [-0.15, -0.1) is 0 Å². The number of piperazine rings is 1. The molecule has 1 heterocycles. The van der Waals surface area contributed by atoms with E-state index in [0.717, 1.165) is 32.7 Å². The Morgan fingerprint density at radius 1 is 1.58 bits per heavy atom. The van der Waals surface area contributed by atoms with Gasteiger partial charge in [-0.1, -0.05) is 6.58 Å². The van der Waals surface area contributed by atoms with E-state index in [4.69, 9.17) is 0 Å². The zero-order chi connectivity index (χ0) is 8.97. The first-order valence-electron chi connectivity index (χ1n) is 4.52. The van der Waals surface area contributed by atoms with E-state index in [1.165, 1.54) is 6.08 Å². The van der Waals surface area contributed by atoms with Gasteiger partial charge in [0.1, 0.15) is 0 Å². The molecule has 0 aromatic rings. The molecule has 0 aromatic carbocycles. The first-order valence-corrected chi connectivity index (χ1v) is 4.52. The first kappa shape index (κ1) is 9.26. The summed E-state index contributed by atoms with van der Waals surface area (Å²) >= 11 is 0. The summed E-state index contributed by atoms with van der Waals surface area (Å²) in [6.07, 6.45) is 1.40. The quantitative estimate of drug-likeness (QED) is 0.523. The average Bonchev–Trinajstić information content (AvgIpc) is 2.17. The van der Waals surface area contributed by atoms with Crippen molar-refractivity contribution in [2.24, 2.45) is 0 Å². The van der Waals surface area contributed by atoms with Crippen molar-refractivity contribution < 1.29 is 9.69 Å². The van der Waals surface area contributed by atoms with Crippen LogP contribution in [0.4, 0.5) is 0 Å². The lowest BCUT2D eigenvalue weighted by Gasteiger charge is -2.30. The van der Waals surface area contributed by atoms with Gasteiger partial charge in [-0.2, -0.15) is 0 Å². The van der Waals surface area contributed by atoms with Gasteiger partial charge in [-0.25, -0.2) is 0 Å². The first-order chi connectivity index (χ1) is 5.77. The van der Waals surface area contributed by atoms with Crippen LogP contribution in [-0.2, 0) is 4.79 Å². The maximum Gasteiger partial charge on any atom is 0.246 e. The molecule has 1 N–H and O–H groups in total. The molecule has 3 heteroatoms. The van der Waals surface area contributed by atoms with Crippen LogP contribution in [0.5, 0.6) is 0 Å². The van der Waals surface area contributed by atoms with Gasteiger partial charge in [0.15, 0.2) is 0 Å². The van der Waals surface area contributed by atoms with E-state index < -0.39 is 0 Å². The van der Waals surface area contributed by atoms with E-state index in [0.29, 0.717) is 0 Å². The number of carbonyl (C=O) groups excluding carboxylic acids is 1. The fourth-order valence-electron chi connectivity index (χ4n) is 1.53. The molecule has 3 nitrogen and oxygen atoms in total. The highest BCUT2D eigenvalue weighted by Crippen LogP contribution is 1.90. The summed E-state index contributed by atoms with van der Waals surface area (Å²) in [7, 11) is 0. The molecule has 1 aliphatic rings. The lowest BCUT2D eigenvalue weighted by molar-refractivity contribution is -0.902. The predicted octanol–water partition coefficient (Wildman–Crippen LogP) is -1.08. The monoisotopic (exact) mass is 169 g/mol. The van der Waals surface area contributed by atoms with Gasteiger partial charge in [-0.3, -0.25) is 4.79 Å². The third-order valence-corrected chi connectivity index (χ3v) is 2.46. The summed E-state index contributed by atoms with van der Waals surface area (Å²) < 4.78 is 0. The lowest BCUT2D eigenvalue weighted by atomic mass is 10.3. The SMILES string of the molecule is C=CC(=O)N1CC[NH+](CC)CC1. The molecule has 1 amide bonds. The summed E-state index contributed by atoms with van der Waals surface area (Å²) in [6.45, 7) is 10.7. The number of hydrogen-bond donors (Lipinski definition) is 1. The largest absolute Gasteiger partial charge is 0.332 e. The molecule has 0 unspecified atom stereocenters. The zero-order valence-electron chi connectivity index (χ0n) is 7.68. The van der Waals surface area contributed by atoms with E-state index in [1.54, 1.807) is 4.90 Å². The minimum absolute atomic E-state index is 0.0742. The molecule has 0 atom stereocenters. The number of nitrogens with one attached hydrogen (secondary N) is 1. The zero-order valence-corrected chi connectivity index (χ0v) is 7.68. The Kier molecular flexibility index (Phi) is 3.29. The summed E-state index contributed by atoms with van der Waals surface area (Å²) in [5.41, 5.74) is 0. The summed E-state index contributed by atoms with van der Waals surface area (Å²) in [6, 6.07) is 0. The molecule has 12 heavy (non-hydrogen) atoms. The molecule has 0 spiro atoms. The van der Waals surface area contributed by atoms with E-state index in [9.17, 15) is 4.79 Å². The summed E-state index contributed by atoms with van der Waals surface area (Å²) in [5, 5.41) is 0. The third-order valence-electron chi connectivity index (χ3n) is 2.46. The van der Waals surface area contributed by atoms with Gasteiger partial charge < -0.3 is 9.80 Å². The minimum atomic E-state index is 0.0742. The Hall–Kier alpha value is -0.830. The normalized spacial score (nSPS) is 19.2. The number of likely N-dealkylation sites (N-methyl/N-ethyl adjacent to an activating group) is 1. The molecular formula is C9H17N2O+. The number of hydrogen-bond acceptors (Lipinski definition) is 1. The van der Waals surface area contributed by atoms with Crippen LogP contribution in [0, 0.1) is 0 Å². The highest BCUT2D eigenvalue weighted by molar-refractivity contribution is 5.86. The molecule has 1 aliphatic heterocycles. The number of carbonyl (C=O) groups is 1. The Labute approximate surface area is 73.6 Å². The van der Waals surface area contributed by atoms with Gasteiger partial charge in [0.25, 0.3) is 0 Å². The second kappa shape index (κ2) is 4.26. The van der Waals surface area contributed by atoms with Crippen LogP contribution < -0.4 is 4.90 Å². The van der Waals surface area contributed by atoms with E-state index in [2.05, 4.69) is 13.5 Å². The molecule has 1 rings (SSSR count). The predicted molar refractivity (Wildman–Crippen MR) is 48.0 cm³/mol. The van der Waals surface area contributed by atoms with Crippen molar-refractivity contribution in [1.29, 1.82) is 0 Å². The van der Waals surface area contributed by atoms with Crippen LogP contribution in [0.1, 0.15) is 6.92 Å².